The van der Waals surface area contributed by atoms with Gasteiger partial charge in [0.25, 0.3) is 0 Å². The second kappa shape index (κ2) is 5.70. The van der Waals surface area contributed by atoms with Crippen LogP contribution in [0.15, 0.2) is 36.5 Å². The standard InChI is InChI=1S/C17H22N2/c1-13-4-7-16(8-5-13)19-12-14-6-9-17-15(11-14)3-2-10-18-17/h2-3,6,9-11,13,16,19H,4-5,7-8,12H2,1H3. The average molecular weight is 254 g/mol. The molecule has 1 aromatic carbocycles. The minimum atomic E-state index is 0.709. The summed E-state index contributed by atoms with van der Waals surface area (Å²) in [4.78, 5) is 4.36. The molecule has 0 saturated heterocycles. The van der Waals surface area contributed by atoms with Gasteiger partial charge in [-0.25, -0.2) is 0 Å². The van der Waals surface area contributed by atoms with Crippen LogP contribution in [0.4, 0.5) is 0 Å². The molecular weight excluding hydrogens is 232 g/mol. The number of nitrogens with zero attached hydrogens (tertiary/aromatic N) is 1. The Morgan fingerprint density at radius 3 is 2.84 bits per heavy atom. The third-order valence-corrected chi connectivity index (χ3v) is 4.28. The number of aromatic nitrogens is 1. The fourth-order valence-corrected chi connectivity index (χ4v) is 2.96. The van der Waals surface area contributed by atoms with Crippen molar-refractivity contribution in [1.29, 1.82) is 0 Å². The van der Waals surface area contributed by atoms with Crippen LogP contribution in [0.3, 0.4) is 0 Å². The van der Waals surface area contributed by atoms with Crippen LogP contribution in [0.5, 0.6) is 0 Å². The average Bonchev–Trinajstić information content (AvgIpc) is 2.46. The zero-order valence-corrected chi connectivity index (χ0v) is 11.6. The lowest BCUT2D eigenvalue weighted by Gasteiger charge is -2.27. The van der Waals surface area contributed by atoms with Crippen molar-refractivity contribution < 1.29 is 0 Å². The maximum Gasteiger partial charge on any atom is 0.0702 e. The van der Waals surface area contributed by atoms with Crippen molar-refractivity contribution in [3.63, 3.8) is 0 Å². The highest BCUT2D eigenvalue weighted by Crippen LogP contribution is 2.23. The second-order valence-electron chi connectivity index (χ2n) is 5.87. The highest BCUT2D eigenvalue weighted by molar-refractivity contribution is 5.78. The first-order chi connectivity index (χ1) is 9.31. The van der Waals surface area contributed by atoms with Crippen molar-refractivity contribution in [2.75, 3.05) is 0 Å². The van der Waals surface area contributed by atoms with Crippen LogP contribution in [-0.4, -0.2) is 11.0 Å². The van der Waals surface area contributed by atoms with Crippen molar-refractivity contribution in [3.05, 3.63) is 42.1 Å². The van der Waals surface area contributed by atoms with E-state index in [1.54, 1.807) is 0 Å². The van der Waals surface area contributed by atoms with Crippen LogP contribution in [0, 0.1) is 5.92 Å². The molecule has 100 valence electrons. The number of fused-ring (bicyclic) bond motifs is 1. The maximum absolute atomic E-state index is 4.36. The second-order valence-corrected chi connectivity index (χ2v) is 5.87. The van der Waals surface area contributed by atoms with Gasteiger partial charge in [-0.15, -0.1) is 0 Å². The number of rotatable bonds is 3. The summed E-state index contributed by atoms with van der Waals surface area (Å²) >= 11 is 0. The predicted octanol–water partition coefficient (Wildman–Crippen LogP) is 3.90. The molecular formula is C17H22N2. The largest absolute Gasteiger partial charge is 0.310 e. The molecule has 0 amide bonds. The molecule has 2 aromatic rings. The van der Waals surface area contributed by atoms with Crippen LogP contribution in [-0.2, 0) is 6.54 Å². The first-order valence-corrected chi connectivity index (χ1v) is 7.38. The smallest absolute Gasteiger partial charge is 0.0702 e. The van der Waals surface area contributed by atoms with Gasteiger partial charge in [0.15, 0.2) is 0 Å². The summed E-state index contributed by atoms with van der Waals surface area (Å²) in [5.41, 5.74) is 2.44. The lowest BCUT2D eigenvalue weighted by molar-refractivity contribution is 0.306. The van der Waals surface area contributed by atoms with E-state index in [4.69, 9.17) is 0 Å². The third kappa shape index (κ3) is 3.13. The lowest BCUT2D eigenvalue weighted by atomic mass is 9.87. The van der Waals surface area contributed by atoms with Gasteiger partial charge in [0, 0.05) is 24.2 Å². The molecule has 2 heteroatoms. The highest BCUT2D eigenvalue weighted by Gasteiger charge is 2.17. The van der Waals surface area contributed by atoms with Crippen molar-refractivity contribution in [2.45, 2.75) is 45.2 Å². The fourth-order valence-electron chi connectivity index (χ4n) is 2.96. The number of pyridine rings is 1. The summed E-state index contributed by atoms with van der Waals surface area (Å²) in [6.45, 7) is 3.34. The Bertz CT molecular complexity index is 542. The van der Waals surface area contributed by atoms with Crippen LogP contribution in [0.25, 0.3) is 10.9 Å². The molecule has 1 aliphatic rings. The topological polar surface area (TPSA) is 24.9 Å². The Morgan fingerprint density at radius 2 is 2.00 bits per heavy atom. The molecule has 0 spiro atoms. The zero-order chi connectivity index (χ0) is 13.1. The molecule has 3 rings (SSSR count). The number of benzene rings is 1. The van der Waals surface area contributed by atoms with Gasteiger partial charge in [-0.3, -0.25) is 4.98 Å². The summed E-state index contributed by atoms with van der Waals surface area (Å²) in [6, 6.07) is 11.4. The van der Waals surface area contributed by atoms with E-state index in [2.05, 4.69) is 41.5 Å². The Labute approximate surface area is 115 Å². The third-order valence-electron chi connectivity index (χ3n) is 4.28. The summed E-state index contributed by atoms with van der Waals surface area (Å²) in [7, 11) is 0. The summed E-state index contributed by atoms with van der Waals surface area (Å²) < 4.78 is 0. The van der Waals surface area contributed by atoms with E-state index in [9.17, 15) is 0 Å². The number of hydrogen-bond acceptors (Lipinski definition) is 2. The van der Waals surface area contributed by atoms with Gasteiger partial charge in [-0.1, -0.05) is 19.1 Å². The van der Waals surface area contributed by atoms with Crippen molar-refractivity contribution in [3.8, 4) is 0 Å². The first kappa shape index (κ1) is 12.6. The molecule has 0 atom stereocenters. The monoisotopic (exact) mass is 254 g/mol. The Hall–Kier alpha value is -1.41. The molecule has 1 aromatic heterocycles. The van der Waals surface area contributed by atoms with Crippen LogP contribution >= 0.6 is 0 Å². The number of nitrogens with one attached hydrogen (secondary N) is 1. The molecule has 1 heterocycles. The van der Waals surface area contributed by atoms with Gasteiger partial charge in [0.2, 0.25) is 0 Å². The van der Waals surface area contributed by atoms with Crippen LogP contribution in [0.2, 0.25) is 0 Å². The lowest BCUT2D eigenvalue weighted by Crippen LogP contribution is -2.32. The zero-order valence-electron chi connectivity index (χ0n) is 11.6. The van der Waals surface area contributed by atoms with Crippen molar-refractivity contribution >= 4 is 10.9 Å². The van der Waals surface area contributed by atoms with Gasteiger partial charge >= 0.3 is 0 Å². The van der Waals surface area contributed by atoms with Gasteiger partial charge < -0.3 is 5.32 Å². The molecule has 1 N–H and O–H groups in total. The number of hydrogen-bond donors (Lipinski definition) is 1. The maximum atomic E-state index is 4.36. The minimum Gasteiger partial charge on any atom is -0.310 e. The molecule has 0 aliphatic heterocycles. The van der Waals surface area contributed by atoms with E-state index in [0.717, 1.165) is 18.0 Å². The van der Waals surface area contributed by atoms with Gasteiger partial charge in [0.05, 0.1) is 5.52 Å². The molecule has 0 radical (unpaired) electrons. The van der Waals surface area contributed by atoms with Crippen LogP contribution in [0.1, 0.15) is 38.2 Å². The Balaban J connectivity index is 1.62. The summed E-state index contributed by atoms with van der Waals surface area (Å²) in [5.74, 6) is 0.921. The summed E-state index contributed by atoms with van der Waals surface area (Å²) in [5, 5.41) is 4.94. The normalized spacial score (nSPS) is 23.6. The van der Waals surface area contributed by atoms with E-state index in [-0.39, 0.29) is 0 Å². The molecule has 19 heavy (non-hydrogen) atoms. The molecule has 0 bridgehead atoms. The Kier molecular flexibility index (Phi) is 3.79. The minimum absolute atomic E-state index is 0.709. The van der Waals surface area contributed by atoms with Gasteiger partial charge in [-0.2, -0.15) is 0 Å². The van der Waals surface area contributed by atoms with Gasteiger partial charge in [-0.05, 0) is 55.4 Å². The van der Waals surface area contributed by atoms with E-state index in [0.29, 0.717) is 6.04 Å². The highest BCUT2D eigenvalue weighted by atomic mass is 14.9. The van der Waals surface area contributed by atoms with E-state index in [1.807, 2.05) is 12.3 Å². The first-order valence-electron chi connectivity index (χ1n) is 7.38. The predicted molar refractivity (Wildman–Crippen MR) is 80.0 cm³/mol. The van der Waals surface area contributed by atoms with E-state index >= 15 is 0 Å². The fraction of sp³-hybridized carbons (Fsp3) is 0.471. The van der Waals surface area contributed by atoms with E-state index in [1.165, 1.54) is 36.6 Å². The summed E-state index contributed by atoms with van der Waals surface area (Å²) in [6.07, 6.45) is 7.26. The Morgan fingerprint density at radius 1 is 1.16 bits per heavy atom. The molecule has 0 unspecified atom stereocenters. The van der Waals surface area contributed by atoms with Crippen molar-refractivity contribution in [1.82, 2.24) is 10.3 Å². The van der Waals surface area contributed by atoms with Crippen LogP contribution < -0.4 is 5.32 Å². The molecule has 1 saturated carbocycles. The molecule has 1 fully saturated rings. The molecule has 1 aliphatic carbocycles. The van der Waals surface area contributed by atoms with E-state index < -0.39 is 0 Å². The quantitative estimate of drug-likeness (QED) is 0.898. The molecule has 2 nitrogen and oxygen atoms in total. The van der Waals surface area contributed by atoms with Gasteiger partial charge in [0.1, 0.15) is 0 Å². The van der Waals surface area contributed by atoms with Crippen molar-refractivity contribution in [2.24, 2.45) is 5.92 Å². The SMILES string of the molecule is CC1CCC(NCc2ccc3ncccc3c2)CC1.